The second-order valence-corrected chi connectivity index (χ2v) is 7.25. The Hall–Kier alpha value is -2.86. The molecule has 1 N–H and O–H groups in total. The fourth-order valence-electron chi connectivity index (χ4n) is 3.39. The highest BCUT2D eigenvalue weighted by Crippen LogP contribution is 2.31. The van der Waals surface area contributed by atoms with Gasteiger partial charge in [0, 0.05) is 23.7 Å². The topological polar surface area (TPSA) is 71.3 Å². The molecule has 144 valence electrons. The van der Waals surface area contributed by atoms with Crippen molar-refractivity contribution in [3.05, 3.63) is 71.1 Å². The Morgan fingerprint density at radius 1 is 1.14 bits per heavy atom. The maximum absolute atomic E-state index is 12.8. The van der Waals surface area contributed by atoms with Crippen molar-refractivity contribution >= 4 is 17.6 Å². The minimum absolute atomic E-state index is 0.111. The molecule has 1 aromatic heterocycles. The molecular formula is C21H21ClN4O2. The Labute approximate surface area is 168 Å². The van der Waals surface area contributed by atoms with Gasteiger partial charge in [-0.1, -0.05) is 47.1 Å². The number of nitrogens with zero attached hydrogens (tertiary/aromatic N) is 3. The molecule has 2 amide bonds. The van der Waals surface area contributed by atoms with Crippen molar-refractivity contribution in [3.63, 3.8) is 0 Å². The predicted octanol–water partition coefficient (Wildman–Crippen LogP) is 4.83. The van der Waals surface area contributed by atoms with E-state index in [1.807, 2.05) is 42.5 Å². The molecule has 1 atom stereocenters. The number of carbonyl (C=O) groups is 1. The van der Waals surface area contributed by atoms with Crippen molar-refractivity contribution in [2.75, 3.05) is 6.54 Å². The maximum Gasteiger partial charge on any atom is 0.318 e. The summed E-state index contributed by atoms with van der Waals surface area (Å²) in [4.78, 5) is 19.1. The number of benzene rings is 2. The average molecular weight is 397 g/mol. The number of rotatable bonds is 4. The van der Waals surface area contributed by atoms with Crippen molar-refractivity contribution in [1.82, 2.24) is 20.4 Å². The van der Waals surface area contributed by atoms with Crippen LogP contribution in [0.2, 0.25) is 5.02 Å². The third-order valence-electron chi connectivity index (χ3n) is 4.88. The first kappa shape index (κ1) is 18.5. The first-order valence-corrected chi connectivity index (χ1v) is 9.76. The molecule has 3 aromatic rings. The Kier molecular flexibility index (Phi) is 5.58. The van der Waals surface area contributed by atoms with E-state index in [0.29, 0.717) is 29.8 Å². The van der Waals surface area contributed by atoms with Gasteiger partial charge >= 0.3 is 6.03 Å². The molecule has 4 rings (SSSR count). The number of hydrogen-bond donors (Lipinski definition) is 1. The Morgan fingerprint density at radius 2 is 1.93 bits per heavy atom. The fourth-order valence-corrected chi connectivity index (χ4v) is 3.52. The van der Waals surface area contributed by atoms with E-state index in [2.05, 4.69) is 15.5 Å². The molecule has 2 heterocycles. The highest BCUT2D eigenvalue weighted by Gasteiger charge is 2.32. The Balaban J connectivity index is 1.47. The molecule has 0 bridgehead atoms. The summed E-state index contributed by atoms with van der Waals surface area (Å²) >= 11 is 5.94. The summed E-state index contributed by atoms with van der Waals surface area (Å²) in [6.45, 7) is 1.16. The van der Waals surface area contributed by atoms with Crippen LogP contribution >= 0.6 is 11.6 Å². The van der Waals surface area contributed by atoms with Gasteiger partial charge in [-0.2, -0.15) is 4.98 Å². The largest absolute Gasteiger partial charge is 0.337 e. The van der Waals surface area contributed by atoms with Crippen molar-refractivity contribution in [2.45, 2.75) is 31.8 Å². The van der Waals surface area contributed by atoms with E-state index in [1.165, 1.54) is 0 Å². The zero-order valence-corrected chi connectivity index (χ0v) is 16.1. The zero-order valence-electron chi connectivity index (χ0n) is 15.3. The first-order chi connectivity index (χ1) is 13.7. The zero-order chi connectivity index (χ0) is 19.3. The number of piperidine rings is 1. The molecule has 0 aliphatic carbocycles. The van der Waals surface area contributed by atoms with Gasteiger partial charge < -0.3 is 14.7 Å². The summed E-state index contributed by atoms with van der Waals surface area (Å²) in [6, 6.07) is 16.8. The number of likely N-dealkylation sites (tertiary alicyclic amines) is 1. The third kappa shape index (κ3) is 4.17. The van der Waals surface area contributed by atoms with E-state index >= 15 is 0 Å². The lowest BCUT2D eigenvalue weighted by Crippen LogP contribution is -2.44. The van der Waals surface area contributed by atoms with Gasteiger partial charge in [-0.25, -0.2) is 4.79 Å². The molecule has 1 unspecified atom stereocenters. The van der Waals surface area contributed by atoms with Crippen LogP contribution in [0.4, 0.5) is 4.79 Å². The van der Waals surface area contributed by atoms with Crippen LogP contribution in [0.3, 0.4) is 0 Å². The summed E-state index contributed by atoms with van der Waals surface area (Å²) in [7, 11) is 0. The normalized spacial score (nSPS) is 16.8. The van der Waals surface area contributed by atoms with Gasteiger partial charge in [0.1, 0.15) is 6.04 Å². The van der Waals surface area contributed by atoms with E-state index in [4.69, 9.17) is 16.1 Å². The number of amides is 2. The van der Waals surface area contributed by atoms with Crippen molar-refractivity contribution in [1.29, 1.82) is 0 Å². The van der Waals surface area contributed by atoms with Crippen LogP contribution in [0.5, 0.6) is 0 Å². The lowest BCUT2D eigenvalue weighted by molar-refractivity contribution is 0.131. The van der Waals surface area contributed by atoms with Crippen LogP contribution in [-0.4, -0.2) is 27.6 Å². The summed E-state index contributed by atoms with van der Waals surface area (Å²) in [5, 5.41) is 7.74. The van der Waals surface area contributed by atoms with Gasteiger partial charge in [-0.05, 0) is 49.1 Å². The van der Waals surface area contributed by atoms with Crippen LogP contribution in [0.1, 0.15) is 36.8 Å². The summed E-state index contributed by atoms with van der Waals surface area (Å²) in [5.41, 5.74) is 1.89. The quantitative estimate of drug-likeness (QED) is 0.685. The standard InChI is InChI=1S/C21H21ClN4O2/c22-17-11-9-16(10-12-17)19-24-20(28-25-19)18-8-4-5-13-26(18)21(27)23-14-15-6-2-1-3-7-15/h1-3,6-7,9-12,18H,4-5,8,13-14H2,(H,23,27). The van der Waals surface area contributed by atoms with E-state index < -0.39 is 0 Å². The van der Waals surface area contributed by atoms with Gasteiger partial charge in [0.25, 0.3) is 0 Å². The molecule has 1 aliphatic rings. The second kappa shape index (κ2) is 8.44. The molecule has 0 saturated carbocycles. The third-order valence-corrected chi connectivity index (χ3v) is 5.13. The number of halogens is 1. The number of nitrogens with one attached hydrogen (secondary N) is 1. The minimum Gasteiger partial charge on any atom is -0.337 e. The van der Waals surface area contributed by atoms with Crippen LogP contribution in [0, 0.1) is 0 Å². The van der Waals surface area contributed by atoms with Crippen molar-refractivity contribution in [3.8, 4) is 11.4 Å². The molecule has 28 heavy (non-hydrogen) atoms. The highest BCUT2D eigenvalue weighted by atomic mass is 35.5. The molecule has 6 nitrogen and oxygen atoms in total. The maximum atomic E-state index is 12.8. The minimum atomic E-state index is -0.210. The van der Waals surface area contributed by atoms with Crippen LogP contribution in [0.15, 0.2) is 59.1 Å². The van der Waals surface area contributed by atoms with Crippen LogP contribution < -0.4 is 5.32 Å². The van der Waals surface area contributed by atoms with Gasteiger partial charge in [-0.15, -0.1) is 0 Å². The number of urea groups is 1. The van der Waals surface area contributed by atoms with E-state index in [1.54, 1.807) is 17.0 Å². The lowest BCUT2D eigenvalue weighted by atomic mass is 10.0. The highest BCUT2D eigenvalue weighted by molar-refractivity contribution is 6.30. The first-order valence-electron chi connectivity index (χ1n) is 9.38. The molecule has 0 spiro atoms. The lowest BCUT2D eigenvalue weighted by Gasteiger charge is -2.33. The Morgan fingerprint density at radius 3 is 2.71 bits per heavy atom. The number of carbonyl (C=O) groups excluding carboxylic acids is 1. The average Bonchev–Trinajstić information content (AvgIpc) is 3.23. The number of aromatic nitrogens is 2. The second-order valence-electron chi connectivity index (χ2n) is 6.81. The SMILES string of the molecule is O=C(NCc1ccccc1)N1CCCCC1c1nc(-c2ccc(Cl)cc2)no1. The predicted molar refractivity (Wildman–Crippen MR) is 107 cm³/mol. The summed E-state index contributed by atoms with van der Waals surface area (Å²) in [6.07, 6.45) is 2.79. The van der Waals surface area contributed by atoms with Gasteiger partial charge in [0.2, 0.25) is 11.7 Å². The molecule has 7 heteroatoms. The Bertz CT molecular complexity index is 927. The molecule has 1 aliphatic heterocycles. The van der Waals surface area contributed by atoms with E-state index in [0.717, 1.165) is 30.4 Å². The van der Waals surface area contributed by atoms with Gasteiger partial charge in [0.15, 0.2) is 0 Å². The molecule has 1 fully saturated rings. The summed E-state index contributed by atoms with van der Waals surface area (Å²) in [5.74, 6) is 0.974. The van der Waals surface area contributed by atoms with Crippen LogP contribution in [-0.2, 0) is 6.54 Å². The van der Waals surface area contributed by atoms with Crippen molar-refractivity contribution in [2.24, 2.45) is 0 Å². The van der Waals surface area contributed by atoms with Crippen molar-refractivity contribution < 1.29 is 9.32 Å². The number of hydrogen-bond acceptors (Lipinski definition) is 4. The molecule has 0 radical (unpaired) electrons. The monoisotopic (exact) mass is 396 g/mol. The van der Waals surface area contributed by atoms with E-state index in [9.17, 15) is 4.79 Å². The summed E-state index contributed by atoms with van der Waals surface area (Å²) < 4.78 is 5.52. The molecule has 2 aromatic carbocycles. The van der Waals surface area contributed by atoms with E-state index in [-0.39, 0.29) is 12.1 Å². The molecular weight excluding hydrogens is 376 g/mol. The fraction of sp³-hybridized carbons (Fsp3) is 0.286. The smallest absolute Gasteiger partial charge is 0.318 e. The molecule has 1 saturated heterocycles. The van der Waals surface area contributed by atoms with Crippen LogP contribution in [0.25, 0.3) is 11.4 Å². The van der Waals surface area contributed by atoms with Gasteiger partial charge in [-0.3, -0.25) is 0 Å². The van der Waals surface area contributed by atoms with Gasteiger partial charge in [0.05, 0.1) is 0 Å².